The number of halogens is 1. The minimum atomic E-state index is -0.979. The molecule has 1 heterocycles. The van der Waals surface area contributed by atoms with E-state index in [0.29, 0.717) is 24.1 Å². The number of rotatable bonds is 2. The molecule has 1 saturated heterocycles. The van der Waals surface area contributed by atoms with Crippen LogP contribution in [0.2, 0.25) is 0 Å². The first kappa shape index (κ1) is 13.5. The predicted molar refractivity (Wildman–Crippen MR) is 67.4 cm³/mol. The van der Waals surface area contributed by atoms with Crippen molar-refractivity contribution in [3.8, 4) is 0 Å². The van der Waals surface area contributed by atoms with Gasteiger partial charge in [0.2, 0.25) is 0 Å². The number of benzene rings is 1. The Balaban J connectivity index is 2.28. The number of carbonyl (C=O) groups is 2. The quantitative estimate of drug-likeness (QED) is 0.892. The zero-order valence-corrected chi connectivity index (χ0v) is 10.7. The second kappa shape index (κ2) is 5.38. The lowest BCUT2D eigenvalue weighted by molar-refractivity contribution is -0.143. The zero-order valence-electron chi connectivity index (χ0n) is 10.7. The highest BCUT2D eigenvalue weighted by Crippen LogP contribution is 2.21. The Kier molecular flexibility index (Phi) is 3.83. The van der Waals surface area contributed by atoms with Crippen LogP contribution in [0.5, 0.6) is 0 Å². The van der Waals surface area contributed by atoms with Crippen LogP contribution < -0.4 is 0 Å². The molecule has 2 rings (SSSR count). The second-order valence-electron chi connectivity index (χ2n) is 4.81. The van der Waals surface area contributed by atoms with Gasteiger partial charge in [-0.3, -0.25) is 4.79 Å². The average Bonchev–Trinajstić information content (AvgIpc) is 2.38. The highest BCUT2D eigenvalue weighted by Gasteiger charge is 2.32. The Morgan fingerprint density at radius 1 is 1.37 bits per heavy atom. The first-order valence-corrected chi connectivity index (χ1v) is 6.30. The fourth-order valence-corrected chi connectivity index (χ4v) is 2.45. The number of carbonyl (C=O) groups excluding carboxylic acids is 1. The zero-order chi connectivity index (χ0) is 14.0. The number of aryl methyl sites for hydroxylation is 1. The van der Waals surface area contributed by atoms with Crippen LogP contribution in [0.25, 0.3) is 0 Å². The molecule has 19 heavy (non-hydrogen) atoms. The van der Waals surface area contributed by atoms with Crippen molar-refractivity contribution < 1.29 is 19.1 Å². The van der Waals surface area contributed by atoms with E-state index in [1.165, 1.54) is 23.1 Å². The Hall–Kier alpha value is -1.91. The molecule has 1 atom stereocenters. The Bertz CT molecular complexity index is 515. The van der Waals surface area contributed by atoms with Crippen molar-refractivity contribution in [2.45, 2.75) is 32.2 Å². The molecule has 0 aliphatic carbocycles. The van der Waals surface area contributed by atoms with E-state index in [-0.39, 0.29) is 5.91 Å². The molecule has 0 spiro atoms. The molecule has 0 bridgehead atoms. The minimum absolute atomic E-state index is 0.329. The van der Waals surface area contributed by atoms with Crippen LogP contribution in [-0.2, 0) is 4.79 Å². The first-order valence-electron chi connectivity index (χ1n) is 6.30. The Morgan fingerprint density at radius 2 is 2.11 bits per heavy atom. The number of likely N-dealkylation sites (tertiary alicyclic amines) is 1. The van der Waals surface area contributed by atoms with E-state index in [9.17, 15) is 14.0 Å². The van der Waals surface area contributed by atoms with E-state index >= 15 is 0 Å². The van der Waals surface area contributed by atoms with Crippen LogP contribution in [0, 0.1) is 12.7 Å². The van der Waals surface area contributed by atoms with Crippen molar-refractivity contribution in [3.63, 3.8) is 0 Å². The van der Waals surface area contributed by atoms with Crippen LogP contribution in [0.1, 0.15) is 35.2 Å². The fraction of sp³-hybridized carbons (Fsp3) is 0.429. The summed E-state index contributed by atoms with van der Waals surface area (Å²) in [5.41, 5.74) is 0.897. The summed E-state index contributed by atoms with van der Waals surface area (Å²) >= 11 is 0. The summed E-state index contributed by atoms with van der Waals surface area (Å²) in [6.45, 7) is 2.09. The van der Waals surface area contributed by atoms with E-state index in [4.69, 9.17) is 5.11 Å². The molecule has 0 radical (unpaired) electrons. The van der Waals surface area contributed by atoms with Crippen LogP contribution in [0.4, 0.5) is 4.39 Å². The summed E-state index contributed by atoms with van der Waals surface area (Å²) in [6, 6.07) is 3.15. The molecular weight excluding hydrogens is 249 g/mol. The van der Waals surface area contributed by atoms with Gasteiger partial charge in [0.1, 0.15) is 11.9 Å². The van der Waals surface area contributed by atoms with Crippen LogP contribution in [0.3, 0.4) is 0 Å². The van der Waals surface area contributed by atoms with Crippen molar-refractivity contribution >= 4 is 11.9 Å². The summed E-state index contributed by atoms with van der Waals surface area (Å²) in [7, 11) is 0. The molecule has 1 aromatic carbocycles. The minimum Gasteiger partial charge on any atom is -0.480 e. The van der Waals surface area contributed by atoms with Crippen molar-refractivity contribution in [2.75, 3.05) is 6.54 Å². The van der Waals surface area contributed by atoms with Crippen LogP contribution in [-0.4, -0.2) is 34.5 Å². The number of hydrogen-bond acceptors (Lipinski definition) is 2. The summed E-state index contributed by atoms with van der Waals surface area (Å²) in [6.07, 6.45) is 2.08. The number of hydrogen-bond donors (Lipinski definition) is 1. The maximum absolute atomic E-state index is 13.0. The maximum atomic E-state index is 13.0. The van der Waals surface area contributed by atoms with Gasteiger partial charge in [-0.25, -0.2) is 9.18 Å². The summed E-state index contributed by atoms with van der Waals surface area (Å²) in [4.78, 5) is 25.0. The third-order valence-electron chi connectivity index (χ3n) is 3.47. The van der Waals surface area contributed by atoms with E-state index in [1.807, 2.05) is 0 Å². The number of carboxylic acids is 1. The second-order valence-corrected chi connectivity index (χ2v) is 4.81. The van der Waals surface area contributed by atoms with Crippen LogP contribution >= 0.6 is 0 Å². The van der Waals surface area contributed by atoms with E-state index in [2.05, 4.69) is 0 Å². The van der Waals surface area contributed by atoms with Gasteiger partial charge in [-0.15, -0.1) is 0 Å². The van der Waals surface area contributed by atoms with Crippen LogP contribution in [0.15, 0.2) is 18.2 Å². The molecule has 1 N–H and O–H groups in total. The Labute approximate surface area is 110 Å². The summed E-state index contributed by atoms with van der Waals surface area (Å²) < 4.78 is 13.0. The lowest BCUT2D eigenvalue weighted by atomic mass is 9.99. The number of carboxylic acid groups (broad SMARTS) is 1. The topological polar surface area (TPSA) is 57.6 Å². The van der Waals surface area contributed by atoms with Gasteiger partial charge in [-0.05, 0) is 49.9 Å². The number of amides is 1. The average molecular weight is 265 g/mol. The fourth-order valence-electron chi connectivity index (χ4n) is 2.45. The molecule has 1 aromatic rings. The standard InChI is InChI=1S/C14H16FNO3/c1-9-8-10(15)5-6-11(9)13(17)16-7-3-2-4-12(16)14(18)19/h5-6,8,12H,2-4,7H2,1H3,(H,18,19)/t12-/m0/s1. The molecule has 0 unspecified atom stereocenters. The highest BCUT2D eigenvalue weighted by atomic mass is 19.1. The van der Waals surface area contributed by atoms with Crippen molar-refractivity contribution in [1.82, 2.24) is 4.90 Å². The molecule has 5 heteroatoms. The molecule has 1 amide bonds. The van der Waals surface area contributed by atoms with Gasteiger partial charge in [0.25, 0.3) is 5.91 Å². The lowest BCUT2D eigenvalue weighted by Crippen LogP contribution is -2.48. The van der Waals surface area contributed by atoms with Gasteiger partial charge in [0.15, 0.2) is 0 Å². The summed E-state index contributed by atoms with van der Waals surface area (Å²) in [5, 5.41) is 9.16. The molecule has 1 aliphatic heterocycles. The molecule has 1 aliphatic rings. The molecule has 4 nitrogen and oxygen atoms in total. The number of nitrogens with zero attached hydrogens (tertiary/aromatic N) is 1. The molecule has 0 saturated carbocycles. The van der Waals surface area contributed by atoms with Gasteiger partial charge < -0.3 is 10.0 Å². The Morgan fingerprint density at radius 3 is 2.74 bits per heavy atom. The normalized spacial score (nSPS) is 19.3. The highest BCUT2D eigenvalue weighted by molar-refractivity contribution is 5.97. The van der Waals surface area contributed by atoms with Gasteiger partial charge in [-0.1, -0.05) is 0 Å². The third kappa shape index (κ3) is 2.75. The smallest absolute Gasteiger partial charge is 0.326 e. The van der Waals surface area contributed by atoms with E-state index in [0.717, 1.165) is 12.8 Å². The van der Waals surface area contributed by atoms with E-state index in [1.54, 1.807) is 6.92 Å². The van der Waals surface area contributed by atoms with Gasteiger partial charge in [-0.2, -0.15) is 0 Å². The van der Waals surface area contributed by atoms with Crippen molar-refractivity contribution in [2.24, 2.45) is 0 Å². The molecule has 102 valence electrons. The van der Waals surface area contributed by atoms with Gasteiger partial charge in [0, 0.05) is 12.1 Å². The third-order valence-corrected chi connectivity index (χ3v) is 3.47. The van der Waals surface area contributed by atoms with E-state index < -0.39 is 17.8 Å². The predicted octanol–water partition coefficient (Wildman–Crippen LogP) is 2.21. The molecular formula is C14H16FNO3. The van der Waals surface area contributed by atoms with Gasteiger partial charge >= 0.3 is 5.97 Å². The lowest BCUT2D eigenvalue weighted by Gasteiger charge is -2.33. The first-order chi connectivity index (χ1) is 9.00. The van der Waals surface area contributed by atoms with Gasteiger partial charge in [0.05, 0.1) is 0 Å². The summed E-state index contributed by atoms with van der Waals surface area (Å²) in [5.74, 6) is -1.71. The SMILES string of the molecule is Cc1cc(F)ccc1C(=O)N1CCCC[C@H]1C(=O)O. The number of piperidine rings is 1. The maximum Gasteiger partial charge on any atom is 0.326 e. The van der Waals surface area contributed by atoms with Crippen molar-refractivity contribution in [3.05, 3.63) is 35.1 Å². The van der Waals surface area contributed by atoms with Crippen molar-refractivity contribution in [1.29, 1.82) is 0 Å². The number of aliphatic carboxylic acids is 1. The monoisotopic (exact) mass is 265 g/mol. The molecule has 1 fully saturated rings. The largest absolute Gasteiger partial charge is 0.480 e. The molecule has 0 aromatic heterocycles.